The fourth-order valence-electron chi connectivity index (χ4n) is 2.25. The van der Waals surface area contributed by atoms with Crippen LogP contribution < -0.4 is 11.1 Å². The van der Waals surface area contributed by atoms with Crippen LogP contribution in [-0.2, 0) is 4.79 Å². The lowest BCUT2D eigenvalue weighted by molar-refractivity contribution is -0.139. The molecule has 0 radical (unpaired) electrons. The van der Waals surface area contributed by atoms with Gasteiger partial charge >= 0.3 is 6.18 Å². The number of rotatable bonds is 4. The van der Waals surface area contributed by atoms with E-state index in [0.717, 1.165) is 19.3 Å². The van der Waals surface area contributed by atoms with Gasteiger partial charge in [-0.2, -0.15) is 13.2 Å². The Morgan fingerprint density at radius 1 is 1.50 bits per heavy atom. The summed E-state index contributed by atoms with van der Waals surface area (Å²) in [4.78, 5) is 13.3. The van der Waals surface area contributed by atoms with Gasteiger partial charge in [0.05, 0.1) is 6.54 Å². The van der Waals surface area contributed by atoms with E-state index >= 15 is 0 Å². The lowest BCUT2D eigenvalue weighted by Crippen LogP contribution is -2.52. The third-order valence-corrected chi connectivity index (χ3v) is 3.10. The van der Waals surface area contributed by atoms with Crippen molar-refractivity contribution < 1.29 is 18.0 Å². The van der Waals surface area contributed by atoms with E-state index in [2.05, 4.69) is 0 Å². The minimum Gasteiger partial charge on any atom is -0.346 e. The van der Waals surface area contributed by atoms with E-state index < -0.39 is 18.6 Å². The summed E-state index contributed by atoms with van der Waals surface area (Å²) in [6.07, 6.45) is -1.47. The molecular weight excluding hydrogens is 247 g/mol. The summed E-state index contributed by atoms with van der Waals surface area (Å²) in [6.45, 7) is 1.28. The van der Waals surface area contributed by atoms with Gasteiger partial charge in [0, 0.05) is 12.1 Å². The number of hydrogen-bond acceptors (Lipinski definition) is 3. The number of nitrogens with zero attached hydrogens (tertiary/aromatic N) is 1. The average molecular weight is 267 g/mol. The SMILES string of the molecule is CC(N)C1CCCCN1CC(=O)NCC(F)(F)F. The Balaban J connectivity index is 2.41. The van der Waals surface area contributed by atoms with Crippen LogP contribution in [0.1, 0.15) is 26.2 Å². The minimum atomic E-state index is -4.36. The molecule has 0 bridgehead atoms. The van der Waals surface area contributed by atoms with Gasteiger partial charge in [-0.3, -0.25) is 9.69 Å². The summed E-state index contributed by atoms with van der Waals surface area (Å²) in [6, 6.07) is -0.00361. The molecule has 1 aliphatic heterocycles. The van der Waals surface area contributed by atoms with E-state index in [9.17, 15) is 18.0 Å². The van der Waals surface area contributed by atoms with Crippen LogP contribution in [0.25, 0.3) is 0 Å². The van der Waals surface area contributed by atoms with Crippen molar-refractivity contribution in [3.63, 3.8) is 0 Å². The van der Waals surface area contributed by atoms with Gasteiger partial charge in [0.2, 0.25) is 5.91 Å². The van der Waals surface area contributed by atoms with E-state index in [1.807, 2.05) is 17.1 Å². The number of hydrogen-bond donors (Lipinski definition) is 2. The summed E-state index contributed by atoms with van der Waals surface area (Å²) in [5.41, 5.74) is 5.82. The molecule has 0 saturated carbocycles. The van der Waals surface area contributed by atoms with Crippen LogP contribution in [-0.4, -0.2) is 48.7 Å². The van der Waals surface area contributed by atoms with Gasteiger partial charge in [-0.25, -0.2) is 0 Å². The van der Waals surface area contributed by atoms with Gasteiger partial charge in [0.15, 0.2) is 0 Å². The smallest absolute Gasteiger partial charge is 0.346 e. The lowest BCUT2D eigenvalue weighted by Gasteiger charge is -2.37. The van der Waals surface area contributed by atoms with Crippen molar-refractivity contribution in [2.45, 2.75) is 44.4 Å². The Bertz CT molecular complexity index is 281. The Hall–Kier alpha value is -0.820. The van der Waals surface area contributed by atoms with Gasteiger partial charge in [-0.05, 0) is 26.3 Å². The van der Waals surface area contributed by atoms with Crippen LogP contribution in [0.5, 0.6) is 0 Å². The predicted octanol–water partition coefficient (Wildman–Crippen LogP) is 0.867. The number of carbonyl (C=O) groups excluding carboxylic acids is 1. The predicted molar refractivity (Wildman–Crippen MR) is 61.9 cm³/mol. The summed E-state index contributed by atoms with van der Waals surface area (Å²) >= 11 is 0. The van der Waals surface area contributed by atoms with Crippen molar-refractivity contribution in [2.75, 3.05) is 19.6 Å². The van der Waals surface area contributed by atoms with Crippen LogP contribution in [0.4, 0.5) is 13.2 Å². The maximum atomic E-state index is 12.0. The van der Waals surface area contributed by atoms with Crippen molar-refractivity contribution in [3.05, 3.63) is 0 Å². The summed E-state index contributed by atoms with van der Waals surface area (Å²) in [7, 11) is 0. The highest BCUT2D eigenvalue weighted by atomic mass is 19.4. The molecule has 7 heteroatoms. The number of halogens is 3. The first-order valence-electron chi connectivity index (χ1n) is 6.12. The van der Waals surface area contributed by atoms with Crippen molar-refractivity contribution in [2.24, 2.45) is 5.73 Å². The second-order valence-corrected chi connectivity index (χ2v) is 4.78. The molecule has 0 aromatic rings. The molecule has 4 nitrogen and oxygen atoms in total. The molecule has 0 spiro atoms. The zero-order valence-corrected chi connectivity index (χ0v) is 10.5. The van der Waals surface area contributed by atoms with Crippen LogP contribution >= 0.6 is 0 Å². The van der Waals surface area contributed by atoms with Gasteiger partial charge in [-0.15, -0.1) is 0 Å². The van der Waals surface area contributed by atoms with Crippen molar-refractivity contribution >= 4 is 5.91 Å². The molecule has 1 rings (SSSR count). The first kappa shape index (κ1) is 15.2. The zero-order chi connectivity index (χ0) is 13.8. The van der Waals surface area contributed by atoms with Gasteiger partial charge in [0.1, 0.15) is 6.54 Å². The number of amides is 1. The molecule has 2 unspecified atom stereocenters. The van der Waals surface area contributed by atoms with Crippen LogP contribution in [0.2, 0.25) is 0 Å². The van der Waals surface area contributed by atoms with Crippen LogP contribution in [0.15, 0.2) is 0 Å². The molecule has 0 aliphatic carbocycles. The highest BCUT2D eigenvalue weighted by Gasteiger charge is 2.30. The van der Waals surface area contributed by atoms with Gasteiger partial charge in [-0.1, -0.05) is 6.42 Å². The molecule has 106 valence electrons. The quantitative estimate of drug-likeness (QED) is 0.794. The number of alkyl halides is 3. The normalized spacial score (nSPS) is 23.7. The van der Waals surface area contributed by atoms with Crippen LogP contribution in [0.3, 0.4) is 0 Å². The summed E-state index contributed by atoms with van der Waals surface area (Å²) < 4.78 is 35.9. The minimum absolute atomic E-state index is 0.0116. The molecule has 0 aromatic heterocycles. The van der Waals surface area contributed by atoms with E-state index in [0.29, 0.717) is 6.54 Å². The number of nitrogens with two attached hydrogens (primary N) is 1. The third-order valence-electron chi connectivity index (χ3n) is 3.10. The maximum absolute atomic E-state index is 12.0. The van der Waals surface area contributed by atoms with Crippen molar-refractivity contribution in [1.29, 1.82) is 0 Å². The fourth-order valence-corrected chi connectivity index (χ4v) is 2.25. The molecular formula is C11H20F3N3O. The van der Waals surface area contributed by atoms with Crippen molar-refractivity contribution in [3.8, 4) is 0 Å². The molecule has 2 atom stereocenters. The summed E-state index contributed by atoms with van der Waals surface area (Å²) in [5, 5.41) is 1.88. The van der Waals surface area contributed by atoms with Gasteiger partial charge in [0.25, 0.3) is 0 Å². The average Bonchev–Trinajstić information content (AvgIpc) is 2.26. The number of carbonyl (C=O) groups is 1. The number of nitrogens with one attached hydrogen (secondary N) is 1. The van der Waals surface area contributed by atoms with E-state index in [1.165, 1.54) is 0 Å². The standard InChI is InChI=1S/C11H20F3N3O/c1-8(15)9-4-2-3-5-17(9)6-10(18)16-7-11(12,13)14/h8-9H,2-7,15H2,1H3,(H,16,18). The fraction of sp³-hybridized carbons (Fsp3) is 0.909. The topological polar surface area (TPSA) is 58.4 Å². The Morgan fingerprint density at radius 3 is 2.72 bits per heavy atom. The van der Waals surface area contributed by atoms with Crippen LogP contribution in [0, 0.1) is 0 Å². The first-order chi connectivity index (χ1) is 8.29. The monoisotopic (exact) mass is 267 g/mol. The molecule has 1 fully saturated rings. The van der Waals surface area contributed by atoms with Crippen molar-refractivity contribution in [1.82, 2.24) is 10.2 Å². The molecule has 1 saturated heterocycles. The largest absolute Gasteiger partial charge is 0.405 e. The number of piperidine rings is 1. The first-order valence-corrected chi connectivity index (χ1v) is 6.12. The zero-order valence-electron chi connectivity index (χ0n) is 10.5. The van der Waals surface area contributed by atoms with E-state index in [4.69, 9.17) is 5.73 Å². The lowest BCUT2D eigenvalue weighted by atomic mass is 9.97. The third kappa shape index (κ3) is 5.22. The molecule has 0 aromatic carbocycles. The molecule has 3 N–H and O–H groups in total. The second kappa shape index (κ2) is 6.38. The van der Waals surface area contributed by atoms with E-state index in [-0.39, 0.29) is 18.6 Å². The highest BCUT2D eigenvalue weighted by molar-refractivity contribution is 5.78. The molecule has 18 heavy (non-hydrogen) atoms. The Morgan fingerprint density at radius 2 is 2.17 bits per heavy atom. The Kier molecular flexibility index (Phi) is 5.40. The number of likely N-dealkylation sites (tertiary alicyclic amines) is 1. The van der Waals surface area contributed by atoms with Gasteiger partial charge < -0.3 is 11.1 Å². The molecule has 1 amide bonds. The summed E-state index contributed by atoms with van der Waals surface area (Å²) in [5.74, 6) is -0.597. The second-order valence-electron chi connectivity index (χ2n) is 4.78. The maximum Gasteiger partial charge on any atom is 0.405 e. The Labute approximate surface area is 105 Å². The highest BCUT2D eigenvalue weighted by Crippen LogP contribution is 2.18. The molecule has 1 aliphatic rings. The molecule has 1 heterocycles. The van der Waals surface area contributed by atoms with E-state index in [1.54, 1.807) is 0 Å².